The van der Waals surface area contributed by atoms with Crippen LogP contribution in [0.15, 0.2) is 24.5 Å². The number of carbonyl (C=O) groups is 1. The predicted octanol–water partition coefficient (Wildman–Crippen LogP) is 1.92. The molecule has 5 nitrogen and oxygen atoms in total. The monoisotopic (exact) mass is 261 g/mol. The van der Waals surface area contributed by atoms with Crippen LogP contribution in [-0.2, 0) is 18.4 Å². The molecule has 5 heteroatoms. The maximum atomic E-state index is 10.4. The molecule has 0 amide bonds. The zero-order chi connectivity index (χ0) is 13.7. The number of carboxylic acid groups (broad SMARTS) is 1. The van der Waals surface area contributed by atoms with Crippen molar-refractivity contribution in [2.24, 2.45) is 7.05 Å². The Hall–Kier alpha value is -1.88. The normalized spacial score (nSPS) is 11.0. The van der Waals surface area contributed by atoms with Gasteiger partial charge in [0.2, 0.25) is 0 Å². The summed E-state index contributed by atoms with van der Waals surface area (Å²) in [6.07, 6.45) is 3.68. The third-order valence-corrected chi connectivity index (χ3v) is 3.11. The van der Waals surface area contributed by atoms with Crippen LogP contribution in [0, 0.1) is 0 Å². The van der Waals surface area contributed by atoms with E-state index < -0.39 is 5.97 Å². The molecular weight excluding hydrogens is 242 g/mol. The van der Waals surface area contributed by atoms with Gasteiger partial charge in [0, 0.05) is 20.0 Å². The van der Waals surface area contributed by atoms with E-state index in [9.17, 15) is 4.79 Å². The van der Waals surface area contributed by atoms with Crippen molar-refractivity contribution in [1.82, 2.24) is 14.9 Å². The summed E-state index contributed by atoms with van der Waals surface area (Å²) in [7, 11) is 1.98. The van der Waals surface area contributed by atoms with Gasteiger partial charge < -0.3 is 15.0 Å². The van der Waals surface area contributed by atoms with Gasteiger partial charge >= 0.3 is 5.97 Å². The topological polar surface area (TPSA) is 67.2 Å². The number of benzene rings is 1. The summed E-state index contributed by atoms with van der Waals surface area (Å²) >= 11 is 0. The van der Waals surface area contributed by atoms with Crippen LogP contribution in [0.4, 0.5) is 0 Å². The zero-order valence-electron chi connectivity index (χ0n) is 11.1. The highest BCUT2D eigenvalue weighted by Gasteiger charge is 2.01. The van der Waals surface area contributed by atoms with Gasteiger partial charge in [-0.25, -0.2) is 4.98 Å². The van der Waals surface area contributed by atoms with E-state index in [4.69, 9.17) is 5.11 Å². The first-order valence-electron chi connectivity index (χ1n) is 6.49. The smallest absolute Gasteiger partial charge is 0.303 e. The molecular formula is C14H19N3O2. The average Bonchev–Trinajstić information content (AvgIpc) is 2.75. The molecule has 0 fully saturated rings. The summed E-state index contributed by atoms with van der Waals surface area (Å²) in [5.74, 6) is -0.722. The van der Waals surface area contributed by atoms with E-state index in [1.54, 1.807) is 0 Å². The number of imidazole rings is 1. The molecule has 0 atom stereocenters. The molecule has 102 valence electrons. The number of aryl methyl sites for hydroxylation is 1. The lowest BCUT2D eigenvalue weighted by Gasteiger charge is -2.04. The second kappa shape index (κ2) is 6.33. The summed E-state index contributed by atoms with van der Waals surface area (Å²) in [5.41, 5.74) is 3.34. The highest BCUT2D eigenvalue weighted by Crippen LogP contribution is 2.13. The fourth-order valence-corrected chi connectivity index (χ4v) is 2.05. The molecule has 2 aromatic rings. The van der Waals surface area contributed by atoms with Gasteiger partial charge in [-0.1, -0.05) is 6.07 Å². The SMILES string of the molecule is Cn1cnc2cc(CNCCCCC(=O)O)ccc21. The van der Waals surface area contributed by atoms with Crippen molar-refractivity contribution in [3.63, 3.8) is 0 Å². The lowest BCUT2D eigenvalue weighted by Crippen LogP contribution is -2.14. The van der Waals surface area contributed by atoms with E-state index >= 15 is 0 Å². The van der Waals surface area contributed by atoms with Crippen LogP contribution in [-0.4, -0.2) is 27.2 Å². The highest BCUT2D eigenvalue weighted by molar-refractivity contribution is 5.75. The van der Waals surface area contributed by atoms with Gasteiger partial charge in [-0.05, 0) is 37.1 Å². The largest absolute Gasteiger partial charge is 0.481 e. The maximum Gasteiger partial charge on any atom is 0.303 e. The standard InChI is InChI=1S/C14H19N3O2/c1-17-10-16-12-8-11(5-6-13(12)17)9-15-7-3-2-4-14(18)19/h5-6,8,10,15H,2-4,7,9H2,1H3,(H,18,19). The van der Waals surface area contributed by atoms with E-state index in [2.05, 4.69) is 28.5 Å². The van der Waals surface area contributed by atoms with Crippen molar-refractivity contribution in [2.45, 2.75) is 25.8 Å². The van der Waals surface area contributed by atoms with E-state index in [1.165, 1.54) is 5.56 Å². The summed E-state index contributed by atoms with van der Waals surface area (Å²) < 4.78 is 2.00. The van der Waals surface area contributed by atoms with Crippen molar-refractivity contribution < 1.29 is 9.90 Å². The van der Waals surface area contributed by atoms with Crippen LogP contribution in [0.5, 0.6) is 0 Å². The predicted molar refractivity (Wildman–Crippen MR) is 73.9 cm³/mol. The number of nitrogens with one attached hydrogen (secondary N) is 1. The highest BCUT2D eigenvalue weighted by atomic mass is 16.4. The minimum atomic E-state index is -0.722. The van der Waals surface area contributed by atoms with E-state index in [-0.39, 0.29) is 6.42 Å². The zero-order valence-corrected chi connectivity index (χ0v) is 11.1. The molecule has 0 aliphatic heterocycles. The Bertz CT molecular complexity index is 563. The quantitative estimate of drug-likeness (QED) is 0.747. The lowest BCUT2D eigenvalue weighted by molar-refractivity contribution is -0.137. The molecule has 2 rings (SSSR count). The first-order chi connectivity index (χ1) is 9.16. The van der Waals surface area contributed by atoms with Gasteiger partial charge in [0.1, 0.15) is 0 Å². The minimum Gasteiger partial charge on any atom is -0.481 e. The Morgan fingerprint density at radius 2 is 2.26 bits per heavy atom. The third-order valence-electron chi connectivity index (χ3n) is 3.11. The number of hydrogen-bond acceptors (Lipinski definition) is 3. The van der Waals surface area contributed by atoms with Gasteiger partial charge in [0.25, 0.3) is 0 Å². The molecule has 1 aromatic heterocycles. The van der Waals surface area contributed by atoms with E-state index in [0.29, 0.717) is 0 Å². The van der Waals surface area contributed by atoms with Gasteiger partial charge in [-0.3, -0.25) is 4.79 Å². The van der Waals surface area contributed by atoms with Crippen LogP contribution >= 0.6 is 0 Å². The van der Waals surface area contributed by atoms with Gasteiger partial charge in [-0.15, -0.1) is 0 Å². The second-order valence-electron chi connectivity index (χ2n) is 4.71. The maximum absolute atomic E-state index is 10.4. The fraction of sp³-hybridized carbons (Fsp3) is 0.429. The Kier molecular flexibility index (Phi) is 4.52. The van der Waals surface area contributed by atoms with Gasteiger partial charge in [0.15, 0.2) is 0 Å². The number of aromatic nitrogens is 2. The minimum absolute atomic E-state index is 0.252. The Labute approximate surface area is 112 Å². The summed E-state index contributed by atoms with van der Waals surface area (Å²) in [4.78, 5) is 14.7. The van der Waals surface area contributed by atoms with Gasteiger partial charge in [0.05, 0.1) is 17.4 Å². The number of carboxylic acids is 1. The van der Waals surface area contributed by atoms with Crippen LogP contribution in [0.25, 0.3) is 11.0 Å². The third kappa shape index (κ3) is 3.79. The van der Waals surface area contributed by atoms with Crippen LogP contribution in [0.1, 0.15) is 24.8 Å². The molecule has 1 heterocycles. The molecule has 0 aliphatic rings. The first kappa shape index (κ1) is 13.5. The fourth-order valence-electron chi connectivity index (χ4n) is 2.05. The van der Waals surface area contributed by atoms with Crippen molar-refractivity contribution in [2.75, 3.05) is 6.54 Å². The second-order valence-corrected chi connectivity index (χ2v) is 4.71. The molecule has 0 spiro atoms. The van der Waals surface area contributed by atoms with E-state index in [0.717, 1.165) is 37.0 Å². The Morgan fingerprint density at radius 1 is 1.42 bits per heavy atom. The van der Waals surface area contributed by atoms with Crippen molar-refractivity contribution in [3.8, 4) is 0 Å². The van der Waals surface area contributed by atoms with Crippen LogP contribution in [0.2, 0.25) is 0 Å². The molecule has 0 radical (unpaired) electrons. The van der Waals surface area contributed by atoms with E-state index in [1.807, 2.05) is 17.9 Å². The summed E-state index contributed by atoms with van der Waals surface area (Å²) in [6, 6.07) is 6.25. The summed E-state index contributed by atoms with van der Waals surface area (Å²) in [5, 5.41) is 11.8. The lowest BCUT2D eigenvalue weighted by atomic mass is 10.2. The molecule has 1 aromatic carbocycles. The molecule has 2 N–H and O–H groups in total. The molecule has 0 aliphatic carbocycles. The van der Waals surface area contributed by atoms with Crippen molar-refractivity contribution in [3.05, 3.63) is 30.1 Å². The van der Waals surface area contributed by atoms with Crippen LogP contribution in [0.3, 0.4) is 0 Å². The number of nitrogens with zero attached hydrogens (tertiary/aromatic N) is 2. The number of rotatable bonds is 7. The number of unbranched alkanes of at least 4 members (excludes halogenated alkanes) is 1. The molecule has 0 bridgehead atoms. The van der Waals surface area contributed by atoms with Crippen molar-refractivity contribution >= 4 is 17.0 Å². The number of fused-ring (bicyclic) bond motifs is 1. The Balaban J connectivity index is 1.77. The molecule has 19 heavy (non-hydrogen) atoms. The molecule has 0 unspecified atom stereocenters. The molecule has 0 saturated heterocycles. The molecule has 0 saturated carbocycles. The average molecular weight is 261 g/mol. The first-order valence-corrected chi connectivity index (χ1v) is 6.49. The van der Waals surface area contributed by atoms with Crippen LogP contribution < -0.4 is 5.32 Å². The number of aliphatic carboxylic acids is 1. The number of hydrogen-bond donors (Lipinski definition) is 2. The van der Waals surface area contributed by atoms with Gasteiger partial charge in [-0.2, -0.15) is 0 Å². The van der Waals surface area contributed by atoms with Crippen molar-refractivity contribution in [1.29, 1.82) is 0 Å². The summed E-state index contributed by atoms with van der Waals surface area (Å²) in [6.45, 7) is 1.63. The Morgan fingerprint density at radius 3 is 3.05 bits per heavy atom.